The van der Waals surface area contributed by atoms with Crippen LogP contribution in [0, 0.1) is 0 Å². The summed E-state index contributed by atoms with van der Waals surface area (Å²) in [5, 5.41) is 6.45. The zero-order valence-electron chi connectivity index (χ0n) is 8.33. The molecule has 1 aliphatic heterocycles. The van der Waals surface area contributed by atoms with E-state index in [0.717, 1.165) is 13.1 Å². The van der Waals surface area contributed by atoms with E-state index in [-0.39, 0.29) is 24.4 Å². The molecule has 1 heterocycles. The van der Waals surface area contributed by atoms with Crippen LogP contribution in [0.2, 0.25) is 0 Å². The van der Waals surface area contributed by atoms with Crippen LogP contribution in [0.4, 0.5) is 0 Å². The summed E-state index contributed by atoms with van der Waals surface area (Å²) >= 11 is 0. The number of hydrogen-bond acceptors (Lipinski definition) is 3. The van der Waals surface area contributed by atoms with Gasteiger partial charge in [-0.1, -0.05) is 0 Å². The van der Waals surface area contributed by atoms with Crippen molar-refractivity contribution < 1.29 is 4.79 Å². The molecule has 5 heteroatoms. The number of nitrogens with zero attached hydrogens (tertiary/aromatic N) is 1. The lowest BCUT2D eigenvalue weighted by molar-refractivity contribution is -0.131. The number of carbonyl (C=O) groups is 1. The summed E-state index contributed by atoms with van der Waals surface area (Å²) in [6, 6.07) is 0.424. The molecule has 0 saturated carbocycles. The fourth-order valence-corrected chi connectivity index (χ4v) is 1.27. The highest BCUT2D eigenvalue weighted by molar-refractivity contribution is 5.85. The van der Waals surface area contributed by atoms with Gasteiger partial charge >= 0.3 is 0 Å². The maximum atomic E-state index is 11.4. The number of amides is 1. The van der Waals surface area contributed by atoms with Crippen LogP contribution in [0.3, 0.4) is 0 Å². The lowest BCUT2D eigenvalue weighted by Crippen LogP contribution is -2.58. The predicted octanol–water partition coefficient (Wildman–Crippen LogP) is -0.554. The van der Waals surface area contributed by atoms with Crippen molar-refractivity contribution in [1.82, 2.24) is 15.5 Å². The molecule has 1 rings (SSSR count). The number of halogens is 1. The molecule has 0 radical (unpaired) electrons. The molecule has 78 valence electrons. The van der Waals surface area contributed by atoms with E-state index in [1.165, 1.54) is 0 Å². The van der Waals surface area contributed by atoms with E-state index < -0.39 is 0 Å². The summed E-state index contributed by atoms with van der Waals surface area (Å²) in [6.07, 6.45) is 0. The third-order valence-electron chi connectivity index (χ3n) is 2.08. The smallest absolute Gasteiger partial charge is 0.240 e. The van der Waals surface area contributed by atoms with E-state index in [1.807, 2.05) is 0 Å². The van der Waals surface area contributed by atoms with Gasteiger partial charge in [-0.3, -0.25) is 4.79 Å². The Morgan fingerprint density at radius 1 is 1.31 bits per heavy atom. The topological polar surface area (TPSA) is 44.4 Å². The minimum atomic E-state index is -0.0452. The molecular formula is C8H18ClN3O. The van der Waals surface area contributed by atoms with Crippen LogP contribution >= 0.6 is 12.4 Å². The van der Waals surface area contributed by atoms with Gasteiger partial charge in [0, 0.05) is 33.2 Å². The van der Waals surface area contributed by atoms with Crippen molar-refractivity contribution in [3.05, 3.63) is 0 Å². The summed E-state index contributed by atoms with van der Waals surface area (Å²) in [5.74, 6) is 0.148. The Bertz CT molecular complexity index is 167. The molecule has 13 heavy (non-hydrogen) atoms. The fraction of sp³-hybridized carbons (Fsp3) is 0.875. The number of carbonyl (C=O) groups excluding carboxylic acids is 1. The quantitative estimate of drug-likeness (QED) is 0.607. The molecule has 0 spiro atoms. The summed E-state index contributed by atoms with van der Waals surface area (Å²) in [7, 11) is 3.56. The predicted molar refractivity (Wildman–Crippen MR) is 55.2 cm³/mol. The van der Waals surface area contributed by atoms with Crippen molar-refractivity contribution in [2.45, 2.75) is 19.0 Å². The van der Waals surface area contributed by atoms with E-state index in [2.05, 4.69) is 17.6 Å². The standard InChI is InChI=1S/C8H17N3O.ClH/c1-6-4-10-7(5-9-6)8(12)11(2)3;/h6-7,9-10H,4-5H2,1-3H3;1H. The van der Waals surface area contributed by atoms with Crippen LogP contribution in [0.15, 0.2) is 0 Å². The number of piperazine rings is 1. The van der Waals surface area contributed by atoms with Crippen molar-refractivity contribution in [1.29, 1.82) is 0 Å². The van der Waals surface area contributed by atoms with Crippen molar-refractivity contribution in [3.63, 3.8) is 0 Å². The second-order valence-electron chi connectivity index (χ2n) is 3.50. The van der Waals surface area contributed by atoms with Gasteiger partial charge in [0.2, 0.25) is 5.91 Å². The lowest BCUT2D eigenvalue weighted by Gasteiger charge is -2.29. The van der Waals surface area contributed by atoms with E-state index >= 15 is 0 Å². The zero-order chi connectivity index (χ0) is 9.14. The SMILES string of the molecule is CC1CNC(C(=O)N(C)C)CN1.Cl. The Kier molecular flexibility index (Phi) is 5.29. The first-order valence-corrected chi connectivity index (χ1v) is 4.29. The van der Waals surface area contributed by atoms with Crippen LogP contribution in [-0.4, -0.2) is 50.1 Å². The largest absolute Gasteiger partial charge is 0.347 e. The molecule has 2 atom stereocenters. The third kappa shape index (κ3) is 3.50. The molecule has 1 aliphatic rings. The molecule has 1 amide bonds. The first kappa shape index (κ1) is 12.7. The molecule has 0 bridgehead atoms. The van der Waals surface area contributed by atoms with Crippen LogP contribution in [-0.2, 0) is 4.79 Å². The summed E-state index contributed by atoms with van der Waals surface area (Å²) in [4.78, 5) is 13.0. The Morgan fingerprint density at radius 3 is 2.31 bits per heavy atom. The normalized spacial score (nSPS) is 27.6. The molecule has 0 aromatic heterocycles. The molecule has 0 aliphatic carbocycles. The third-order valence-corrected chi connectivity index (χ3v) is 2.08. The van der Waals surface area contributed by atoms with Gasteiger partial charge in [-0.25, -0.2) is 0 Å². The van der Waals surface area contributed by atoms with E-state index in [4.69, 9.17) is 0 Å². The molecule has 0 aromatic carbocycles. The maximum absolute atomic E-state index is 11.4. The maximum Gasteiger partial charge on any atom is 0.240 e. The molecule has 4 nitrogen and oxygen atoms in total. The van der Waals surface area contributed by atoms with Crippen molar-refractivity contribution in [2.24, 2.45) is 0 Å². The average Bonchev–Trinajstić information content (AvgIpc) is 2.04. The molecule has 1 fully saturated rings. The minimum absolute atomic E-state index is 0. The number of nitrogens with one attached hydrogen (secondary N) is 2. The number of rotatable bonds is 1. The second-order valence-corrected chi connectivity index (χ2v) is 3.50. The molecule has 2 unspecified atom stereocenters. The molecule has 1 saturated heterocycles. The van der Waals surface area contributed by atoms with Gasteiger partial charge in [-0.2, -0.15) is 0 Å². The van der Waals surface area contributed by atoms with Gasteiger partial charge in [-0.15, -0.1) is 12.4 Å². The summed E-state index contributed by atoms with van der Waals surface area (Å²) in [6.45, 7) is 3.70. The lowest BCUT2D eigenvalue weighted by atomic mass is 10.1. The molecule has 0 aromatic rings. The number of likely N-dealkylation sites (N-methyl/N-ethyl adjacent to an activating group) is 1. The van der Waals surface area contributed by atoms with Crippen molar-refractivity contribution >= 4 is 18.3 Å². The highest BCUT2D eigenvalue weighted by Crippen LogP contribution is 1.95. The summed E-state index contributed by atoms with van der Waals surface area (Å²) < 4.78 is 0. The minimum Gasteiger partial charge on any atom is -0.347 e. The second kappa shape index (κ2) is 5.42. The fourth-order valence-electron chi connectivity index (χ4n) is 1.27. The van der Waals surface area contributed by atoms with Gasteiger partial charge in [0.05, 0.1) is 6.04 Å². The van der Waals surface area contributed by atoms with Crippen LogP contribution in [0.1, 0.15) is 6.92 Å². The monoisotopic (exact) mass is 207 g/mol. The average molecular weight is 208 g/mol. The molecule has 2 N–H and O–H groups in total. The highest BCUT2D eigenvalue weighted by Gasteiger charge is 2.23. The zero-order valence-corrected chi connectivity index (χ0v) is 9.15. The van der Waals surface area contributed by atoms with Crippen LogP contribution in [0.5, 0.6) is 0 Å². The van der Waals surface area contributed by atoms with Crippen LogP contribution in [0.25, 0.3) is 0 Å². The Hall–Kier alpha value is -0.320. The van der Waals surface area contributed by atoms with Gasteiger partial charge in [0.1, 0.15) is 0 Å². The van der Waals surface area contributed by atoms with Crippen LogP contribution < -0.4 is 10.6 Å². The summed E-state index contributed by atoms with van der Waals surface area (Å²) in [5.41, 5.74) is 0. The highest BCUT2D eigenvalue weighted by atomic mass is 35.5. The molecular weight excluding hydrogens is 190 g/mol. The Balaban J connectivity index is 0.00000144. The van der Waals surface area contributed by atoms with E-state index in [0.29, 0.717) is 6.04 Å². The first-order chi connectivity index (χ1) is 5.61. The first-order valence-electron chi connectivity index (χ1n) is 4.29. The van der Waals surface area contributed by atoms with E-state index in [1.54, 1.807) is 19.0 Å². The van der Waals surface area contributed by atoms with Crippen molar-refractivity contribution in [3.8, 4) is 0 Å². The van der Waals surface area contributed by atoms with Gasteiger partial charge in [0.25, 0.3) is 0 Å². The van der Waals surface area contributed by atoms with Gasteiger partial charge < -0.3 is 15.5 Å². The van der Waals surface area contributed by atoms with Gasteiger partial charge in [0.15, 0.2) is 0 Å². The van der Waals surface area contributed by atoms with Crippen molar-refractivity contribution in [2.75, 3.05) is 27.2 Å². The Labute approximate surface area is 85.5 Å². The Morgan fingerprint density at radius 2 is 1.92 bits per heavy atom. The number of hydrogen-bond donors (Lipinski definition) is 2. The van der Waals surface area contributed by atoms with E-state index in [9.17, 15) is 4.79 Å². The van der Waals surface area contributed by atoms with Gasteiger partial charge in [-0.05, 0) is 6.92 Å².